The molecule has 0 aliphatic carbocycles. The van der Waals surface area contributed by atoms with Gasteiger partial charge in [0.15, 0.2) is 9.84 Å². The Morgan fingerprint density at radius 2 is 1.65 bits per heavy atom. The van der Waals surface area contributed by atoms with E-state index in [1.165, 1.54) is 0 Å². The fourth-order valence-corrected chi connectivity index (χ4v) is 3.05. The highest BCUT2D eigenvalue weighted by Crippen LogP contribution is 2.22. The molecule has 1 aromatic rings. The van der Waals surface area contributed by atoms with E-state index in [9.17, 15) is 18.0 Å². The summed E-state index contributed by atoms with van der Waals surface area (Å²) in [5.41, 5.74) is 0.730. The molecular weight excluding hydrogens is 278 g/mol. The van der Waals surface area contributed by atoms with Crippen molar-refractivity contribution in [1.29, 1.82) is 0 Å². The largest absolute Gasteiger partial charge is 0.274 e. The highest BCUT2D eigenvalue weighted by atomic mass is 32.2. The first-order valence-electron chi connectivity index (χ1n) is 6.05. The summed E-state index contributed by atoms with van der Waals surface area (Å²) in [5, 5.41) is 0. The Hall–Kier alpha value is -2.13. The van der Waals surface area contributed by atoms with Gasteiger partial charge in [-0.2, -0.15) is 0 Å². The zero-order valence-corrected chi connectivity index (χ0v) is 11.5. The molecule has 104 valence electrons. The molecule has 1 heterocycles. The fourth-order valence-electron chi connectivity index (χ4n) is 2.08. The van der Waals surface area contributed by atoms with Crippen molar-refractivity contribution < 1.29 is 18.0 Å². The lowest BCUT2D eigenvalue weighted by molar-refractivity contribution is 0.0654. The van der Waals surface area contributed by atoms with Crippen LogP contribution in [-0.2, 0) is 9.84 Å². The van der Waals surface area contributed by atoms with Gasteiger partial charge in [-0.1, -0.05) is 18.1 Å². The molecule has 1 aliphatic heterocycles. The predicted octanol–water partition coefficient (Wildman–Crippen LogP) is 0.721. The summed E-state index contributed by atoms with van der Waals surface area (Å²) in [6.45, 7) is 0.0795. The molecule has 0 unspecified atom stereocenters. The van der Waals surface area contributed by atoms with E-state index >= 15 is 0 Å². The van der Waals surface area contributed by atoms with Gasteiger partial charge >= 0.3 is 0 Å². The summed E-state index contributed by atoms with van der Waals surface area (Å²) < 4.78 is 22.9. The van der Waals surface area contributed by atoms with E-state index in [1.54, 1.807) is 24.3 Å². The van der Waals surface area contributed by atoms with Crippen molar-refractivity contribution in [3.05, 3.63) is 35.4 Å². The van der Waals surface area contributed by atoms with Crippen LogP contribution in [0.5, 0.6) is 0 Å². The maximum atomic E-state index is 12.0. The molecule has 0 saturated heterocycles. The molecule has 1 aromatic carbocycles. The summed E-state index contributed by atoms with van der Waals surface area (Å²) in [4.78, 5) is 25.1. The number of terminal acetylenes is 1. The number of sulfone groups is 1. The first kappa shape index (κ1) is 14.3. The van der Waals surface area contributed by atoms with E-state index in [2.05, 4.69) is 5.92 Å². The maximum Gasteiger partial charge on any atom is 0.261 e. The van der Waals surface area contributed by atoms with Crippen molar-refractivity contribution >= 4 is 21.7 Å². The average molecular weight is 291 g/mol. The normalized spacial score (nSPS) is 14.2. The number of fused-ring (bicyclic) bond motifs is 1. The van der Waals surface area contributed by atoms with Gasteiger partial charge in [0.2, 0.25) is 0 Å². The molecule has 0 fully saturated rings. The third kappa shape index (κ3) is 2.73. The van der Waals surface area contributed by atoms with Gasteiger partial charge in [-0.25, -0.2) is 8.42 Å². The fraction of sp³-hybridized carbons (Fsp3) is 0.286. The number of hydrogen-bond acceptors (Lipinski definition) is 4. The van der Waals surface area contributed by atoms with Crippen LogP contribution in [0.25, 0.3) is 0 Å². The summed E-state index contributed by atoms with van der Waals surface area (Å²) in [6, 6.07) is 6.55. The minimum Gasteiger partial charge on any atom is -0.274 e. The van der Waals surface area contributed by atoms with Crippen LogP contribution < -0.4 is 0 Å². The number of hydrogen-bond donors (Lipinski definition) is 0. The lowest BCUT2D eigenvalue weighted by Crippen LogP contribution is -2.31. The second-order valence-corrected chi connectivity index (χ2v) is 6.64. The zero-order chi connectivity index (χ0) is 14.8. The molecular formula is C14H13NO4S. The van der Waals surface area contributed by atoms with E-state index in [-0.39, 0.29) is 36.3 Å². The number of amides is 2. The number of benzene rings is 1. The molecule has 2 rings (SSSR count). The van der Waals surface area contributed by atoms with Crippen LogP contribution >= 0.6 is 0 Å². The van der Waals surface area contributed by atoms with E-state index in [0.717, 1.165) is 4.90 Å². The Morgan fingerprint density at radius 1 is 1.10 bits per heavy atom. The van der Waals surface area contributed by atoms with Gasteiger partial charge in [0, 0.05) is 6.54 Å². The number of nitrogens with zero attached hydrogens (tertiary/aromatic N) is 1. The number of carbonyl (C=O) groups is 2. The molecule has 0 N–H and O–H groups in total. The topological polar surface area (TPSA) is 71.5 Å². The lowest BCUT2D eigenvalue weighted by atomic mass is 10.1. The first-order valence-corrected chi connectivity index (χ1v) is 7.87. The molecule has 5 nitrogen and oxygen atoms in total. The molecule has 0 bridgehead atoms. The van der Waals surface area contributed by atoms with E-state index < -0.39 is 9.84 Å². The summed E-state index contributed by atoms with van der Waals surface area (Å²) >= 11 is 0. The van der Waals surface area contributed by atoms with Gasteiger partial charge in [-0.3, -0.25) is 14.5 Å². The molecule has 0 radical (unpaired) electrons. The van der Waals surface area contributed by atoms with Crippen LogP contribution in [0.15, 0.2) is 24.3 Å². The molecule has 0 saturated carbocycles. The van der Waals surface area contributed by atoms with E-state index in [0.29, 0.717) is 11.1 Å². The summed E-state index contributed by atoms with van der Waals surface area (Å²) in [5.74, 6) is 0.874. The Kier molecular flexibility index (Phi) is 3.91. The smallest absolute Gasteiger partial charge is 0.261 e. The summed E-state index contributed by atoms with van der Waals surface area (Å²) in [6.07, 6.45) is 5.15. The Labute approximate surface area is 117 Å². The Bertz CT molecular complexity index is 665. The van der Waals surface area contributed by atoms with Crippen molar-refractivity contribution in [3.8, 4) is 12.3 Å². The van der Waals surface area contributed by atoms with Crippen molar-refractivity contribution in [2.24, 2.45) is 0 Å². The van der Waals surface area contributed by atoms with Crippen LogP contribution in [-0.4, -0.2) is 43.2 Å². The highest BCUT2D eigenvalue weighted by Gasteiger charge is 2.34. The van der Waals surface area contributed by atoms with Crippen LogP contribution in [0, 0.1) is 12.3 Å². The third-order valence-electron chi connectivity index (χ3n) is 3.02. The van der Waals surface area contributed by atoms with E-state index in [1.807, 2.05) is 0 Å². The molecule has 0 aromatic heterocycles. The number of rotatable bonds is 5. The van der Waals surface area contributed by atoms with Gasteiger partial charge < -0.3 is 0 Å². The molecule has 2 amide bonds. The van der Waals surface area contributed by atoms with Crippen LogP contribution in [0.3, 0.4) is 0 Å². The van der Waals surface area contributed by atoms with Crippen molar-refractivity contribution in [2.75, 3.05) is 18.1 Å². The minimum absolute atomic E-state index is 0.0795. The maximum absolute atomic E-state index is 12.0. The molecule has 1 aliphatic rings. The summed E-state index contributed by atoms with van der Waals surface area (Å²) in [7, 11) is -3.31. The van der Waals surface area contributed by atoms with Crippen LogP contribution in [0.2, 0.25) is 0 Å². The predicted molar refractivity (Wildman–Crippen MR) is 73.9 cm³/mol. The van der Waals surface area contributed by atoms with Gasteiger partial charge in [0.05, 0.1) is 16.9 Å². The zero-order valence-electron chi connectivity index (χ0n) is 10.7. The SMILES string of the molecule is C#CCS(=O)(=O)CCCN1C(=O)c2ccccc2C1=O. The average Bonchev–Trinajstić information content (AvgIpc) is 2.64. The first-order chi connectivity index (χ1) is 9.46. The molecule has 0 atom stereocenters. The van der Waals surface area contributed by atoms with Gasteiger partial charge in [-0.05, 0) is 18.6 Å². The van der Waals surface area contributed by atoms with Gasteiger partial charge in [0.25, 0.3) is 11.8 Å². The second kappa shape index (κ2) is 5.47. The van der Waals surface area contributed by atoms with E-state index in [4.69, 9.17) is 6.42 Å². The van der Waals surface area contributed by atoms with Crippen LogP contribution in [0.1, 0.15) is 27.1 Å². The molecule has 20 heavy (non-hydrogen) atoms. The standard InChI is InChI=1S/C14H13NO4S/c1-2-9-20(18,19)10-5-8-15-13(16)11-6-3-4-7-12(11)14(15)17/h1,3-4,6-7H,5,8-10H2. The number of carbonyl (C=O) groups excluding carboxylic acids is 2. The number of imide groups is 1. The van der Waals surface area contributed by atoms with Crippen molar-refractivity contribution in [2.45, 2.75) is 6.42 Å². The van der Waals surface area contributed by atoms with Gasteiger partial charge in [0.1, 0.15) is 5.75 Å². The van der Waals surface area contributed by atoms with Crippen molar-refractivity contribution in [1.82, 2.24) is 4.90 Å². The minimum atomic E-state index is -3.31. The Balaban J connectivity index is 2.02. The van der Waals surface area contributed by atoms with Crippen molar-refractivity contribution in [3.63, 3.8) is 0 Å². The second-order valence-electron chi connectivity index (χ2n) is 4.46. The third-order valence-corrected chi connectivity index (χ3v) is 4.54. The lowest BCUT2D eigenvalue weighted by Gasteiger charge is -2.13. The van der Waals surface area contributed by atoms with Crippen LogP contribution in [0.4, 0.5) is 0 Å². The Morgan fingerprint density at radius 3 is 2.15 bits per heavy atom. The van der Waals surface area contributed by atoms with Gasteiger partial charge in [-0.15, -0.1) is 6.42 Å². The quantitative estimate of drug-likeness (QED) is 0.592. The molecule has 0 spiro atoms. The highest BCUT2D eigenvalue weighted by molar-refractivity contribution is 7.91. The molecule has 6 heteroatoms. The monoisotopic (exact) mass is 291 g/mol.